The summed E-state index contributed by atoms with van der Waals surface area (Å²) >= 11 is 0. The van der Waals surface area contributed by atoms with Gasteiger partial charge < -0.3 is 24.4 Å². The third kappa shape index (κ3) is 5.21. The largest absolute Gasteiger partial charge is 0.495 e. The van der Waals surface area contributed by atoms with Crippen molar-refractivity contribution >= 4 is 6.09 Å². The molecule has 2 aliphatic rings. The molecular formula is C22H32N4O4. The number of nitrogens with zero attached hydrogens (tertiary/aromatic N) is 4. The van der Waals surface area contributed by atoms with Crippen LogP contribution in [0, 0.1) is 16.7 Å². The molecule has 0 bridgehead atoms. The molecule has 3 rings (SSSR count). The van der Waals surface area contributed by atoms with Gasteiger partial charge in [0.2, 0.25) is 0 Å². The Kier molecular flexibility index (Phi) is 6.53. The normalized spacial score (nSPS) is 20.1. The monoisotopic (exact) mass is 416 g/mol. The molecule has 0 radical (unpaired) electrons. The maximum Gasteiger partial charge on any atom is 0.410 e. The number of carbonyl (C=O) groups is 1. The van der Waals surface area contributed by atoms with Crippen LogP contribution in [-0.2, 0) is 4.74 Å². The third-order valence-corrected chi connectivity index (χ3v) is 6.01. The van der Waals surface area contributed by atoms with Crippen molar-refractivity contribution in [2.24, 2.45) is 5.41 Å². The molecule has 1 atom stereocenters. The fraction of sp³-hybridized carbons (Fsp3) is 0.682. The Morgan fingerprint density at radius 3 is 2.60 bits per heavy atom. The van der Waals surface area contributed by atoms with Crippen molar-refractivity contribution in [1.82, 2.24) is 14.8 Å². The number of nitriles is 1. The Hall–Kier alpha value is -2.37. The molecule has 2 saturated heterocycles. The highest BCUT2D eigenvalue weighted by atomic mass is 16.6. The smallest absolute Gasteiger partial charge is 0.410 e. The van der Waals surface area contributed by atoms with E-state index in [2.05, 4.69) is 9.88 Å². The van der Waals surface area contributed by atoms with Crippen LogP contribution >= 0.6 is 0 Å². The first-order chi connectivity index (χ1) is 14.1. The molecule has 0 aromatic carbocycles. The SMILES string of the molecule is COc1cc([C@@H](O)CN2CCC3(CC2)CCN(C(=O)OC(C)(C)C)C3)ncc1C#N. The molecule has 3 heterocycles. The number of pyridine rings is 1. The second kappa shape index (κ2) is 8.78. The lowest BCUT2D eigenvalue weighted by atomic mass is 9.77. The molecular weight excluding hydrogens is 384 g/mol. The number of aromatic nitrogens is 1. The number of amides is 1. The molecule has 1 spiro atoms. The first-order valence-corrected chi connectivity index (χ1v) is 10.5. The summed E-state index contributed by atoms with van der Waals surface area (Å²) in [6, 6.07) is 3.66. The van der Waals surface area contributed by atoms with Crippen molar-refractivity contribution < 1.29 is 19.4 Å². The fourth-order valence-corrected chi connectivity index (χ4v) is 4.26. The second-order valence-corrected chi connectivity index (χ2v) is 9.39. The molecule has 8 nitrogen and oxygen atoms in total. The van der Waals surface area contributed by atoms with E-state index in [0.717, 1.165) is 45.4 Å². The van der Waals surface area contributed by atoms with Crippen molar-refractivity contribution in [2.45, 2.75) is 51.7 Å². The van der Waals surface area contributed by atoms with Crippen LogP contribution in [0.4, 0.5) is 4.79 Å². The molecule has 0 aliphatic carbocycles. The van der Waals surface area contributed by atoms with Gasteiger partial charge in [0.1, 0.15) is 29.1 Å². The number of rotatable bonds is 4. The van der Waals surface area contributed by atoms with Gasteiger partial charge in [0.25, 0.3) is 0 Å². The van der Waals surface area contributed by atoms with Gasteiger partial charge in [0.05, 0.1) is 12.8 Å². The topological polar surface area (TPSA) is 98.9 Å². The van der Waals surface area contributed by atoms with Crippen LogP contribution in [0.5, 0.6) is 5.75 Å². The minimum atomic E-state index is -0.748. The van der Waals surface area contributed by atoms with Gasteiger partial charge in [-0.25, -0.2) is 4.79 Å². The zero-order valence-corrected chi connectivity index (χ0v) is 18.3. The molecule has 1 N–H and O–H groups in total. The van der Waals surface area contributed by atoms with E-state index >= 15 is 0 Å². The second-order valence-electron chi connectivity index (χ2n) is 9.39. The predicted octanol–water partition coefficient (Wildman–Crippen LogP) is 2.72. The molecule has 30 heavy (non-hydrogen) atoms. The van der Waals surface area contributed by atoms with Gasteiger partial charge in [-0.15, -0.1) is 0 Å². The number of hydrogen-bond acceptors (Lipinski definition) is 7. The molecule has 8 heteroatoms. The van der Waals surface area contributed by atoms with Crippen LogP contribution in [0.1, 0.15) is 57.4 Å². The average Bonchev–Trinajstić information content (AvgIpc) is 3.12. The van der Waals surface area contributed by atoms with Crippen LogP contribution in [-0.4, -0.2) is 71.4 Å². The number of aliphatic hydroxyl groups is 1. The highest BCUT2D eigenvalue weighted by molar-refractivity contribution is 5.68. The lowest BCUT2D eigenvalue weighted by molar-refractivity contribution is 0.0229. The van der Waals surface area contributed by atoms with Crippen molar-refractivity contribution in [1.29, 1.82) is 5.26 Å². The number of ether oxygens (including phenoxy) is 2. The predicted molar refractivity (Wildman–Crippen MR) is 111 cm³/mol. The maximum atomic E-state index is 12.4. The van der Waals surface area contributed by atoms with Crippen LogP contribution in [0.3, 0.4) is 0 Å². The number of carbonyl (C=O) groups excluding carboxylic acids is 1. The summed E-state index contributed by atoms with van der Waals surface area (Å²) in [5.41, 5.74) is 0.523. The molecule has 2 fully saturated rings. The summed E-state index contributed by atoms with van der Waals surface area (Å²) in [5, 5.41) is 19.7. The van der Waals surface area contributed by atoms with Gasteiger partial charge in [0.15, 0.2) is 0 Å². The quantitative estimate of drug-likeness (QED) is 0.806. The highest BCUT2D eigenvalue weighted by Gasteiger charge is 2.43. The summed E-state index contributed by atoms with van der Waals surface area (Å²) in [6.07, 6.45) is 3.44. The number of aliphatic hydroxyl groups excluding tert-OH is 1. The van der Waals surface area contributed by atoms with Crippen molar-refractivity contribution in [3.8, 4) is 11.8 Å². The summed E-state index contributed by atoms with van der Waals surface area (Å²) in [7, 11) is 1.50. The van der Waals surface area contributed by atoms with Crippen molar-refractivity contribution in [2.75, 3.05) is 39.8 Å². The van der Waals surface area contributed by atoms with Gasteiger partial charge in [0, 0.05) is 31.9 Å². The van der Waals surface area contributed by atoms with Gasteiger partial charge in [-0.3, -0.25) is 4.98 Å². The maximum absolute atomic E-state index is 12.4. The zero-order valence-electron chi connectivity index (χ0n) is 18.3. The van der Waals surface area contributed by atoms with Gasteiger partial charge in [-0.05, 0) is 58.5 Å². The number of hydrogen-bond donors (Lipinski definition) is 1. The van der Waals surface area contributed by atoms with E-state index in [-0.39, 0.29) is 11.5 Å². The Labute approximate surface area is 178 Å². The van der Waals surface area contributed by atoms with Gasteiger partial charge in [-0.2, -0.15) is 5.26 Å². The average molecular weight is 417 g/mol. The minimum absolute atomic E-state index is 0.147. The Morgan fingerprint density at radius 1 is 1.33 bits per heavy atom. The van der Waals surface area contributed by atoms with Crippen molar-refractivity contribution in [3.05, 3.63) is 23.5 Å². The first kappa shape index (κ1) is 22.3. The minimum Gasteiger partial charge on any atom is -0.495 e. The summed E-state index contributed by atoms with van der Waals surface area (Å²) < 4.78 is 10.7. The molecule has 1 aromatic heterocycles. The molecule has 1 amide bonds. The van der Waals surface area contributed by atoms with E-state index in [4.69, 9.17) is 14.7 Å². The molecule has 1 aromatic rings. The summed E-state index contributed by atoms with van der Waals surface area (Å²) in [5.74, 6) is 0.423. The zero-order chi connectivity index (χ0) is 21.9. The first-order valence-electron chi connectivity index (χ1n) is 10.5. The number of methoxy groups -OCH3 is 1. The number of piperidine rings is 1. The van der Waals surface area contributed by atoms with Crippen LogP contribution in [0.15, 0.2) is 12.3 Å². The standard InChI is InChI=1S/C22H32N4O4/c1-21(2,3)30-20(28)26-10-7-22(15-26)5-8-25(9-6-22)14-18(27)17-11-19(29-4)16(12-23)13-24-17/h11,13,18,27H,5-10,14-15H2,1-4H3/t18-/m0/s1. The van der Waals surface area contributed by atoms with E-state index in [0.29, 0.717) is 23.6 Å². The van der Waals surface area contributed by atoms with Crippen molar-refractivity contribution in [3.63, 3.8) is 0 Å². The Bertz CT molecular complexity index is 806. The van der Waals surface area contributed by atoms with Gasteiger partial charge in [-0.1, -0.05) is 0 Å². The van der Waals surface area contributed by atoms with E-state index in [1.165, 1.54) is 13.3 Å². The summed E-state index contributed by atoms with van der Waals surface area (Å²) in [6.45, 7) is 9.36. The molecule has 0 unspecified atom stereocenters. The Morgan fingerprint density at radius 2 is 2.00 bits per heavy atom. The molecule has 2 aliphatic heterocycles. The van der Waals surface area contributed by atoms with Gasteiger partial charge >= 0.3 is 6.09 Å². The lowest BCUT2D eigenvalue weighted by Crippen LogP contribution is -2.44. The lowest BCUT2D eigenvalue weighted by Gasteiger charge is -2.39. The summed E-state index contributed by atoms with van der Waals surface area (Å²) in [4.78, 5) is 20.7. The fourth-order valence-electron chi connectivity index (χ4n) is 4.26. The highest BCUT2D eigenvalue weighted by Crippen LogP contribution is 2.41. The number of β-amino-alcohol motifs (C(OH)–C–C–N with tert-alkyl or cyclic N) is 1. The van der Waals surface area contributed by atoms with Crippen LogP contribution in [0.25, 0.3) is 0 Å². The van der Waals surface area contributed by atoms with Crippen LogP contribution in [0.2, 0.25) is 0 Å². The Balaban J connectivity index is 1.52. The van der Waals surface area contributed by atoms with E-state index < -0.39 is 11.7 Å². The van der Waals surface area contributed by atoms with E-state index in [1.807, 2.05) is 31.7 Å². The molecule has 164 valence electrons. The number of likely N-dealkylation sites (tertiary alicyclic amines) is 2. The van der Waals surface area contributed by atoms with E-state index in [9.17, 15) is 9.90 Å². The molecule has 0 saturated carbocycles. The third-order valence-electron chi connectivity index (χ3n) is 6.01. The van der Waals surface area contributed by atoms with E-state index in [1.54, 1.807) is 6.07 Å². The van der Waals surface area contributed by atoms with Crippen LogP contribution < -0.4 is 4.74 Å².